The number of benzene rings is 1. The third kappa shape index (κ3) is 3.87. The Labute approximate surface area is 140 Å². The van der Waals surface area contributed by atoms with Crippen molar-refractivity contribution in [2.75, 3.05) is 5.32 Å². The van der Waals surface area contributed by atoms with E-state index >= 15 is 0 Å². The highest BCUT2D eigenvalue weighted by molar-refractivity contribution is 5.93. The molecular weight excluding hydrogens is 302 g/mol. The highest BCUT2D eigenvalue weighted by atomic mass is 16.1. The predicted octanol–water partition coefficient (Wildman–Crippen LogP) is 3.15. The van der Waals surface area contributed by atoms with E-state index < -0.39 is 0 Å². The lowest BCUT2D eigenvalue weighted by molar-refractivity contribution is 0.0927. The summed E-state index contributed by atoms with van der Waals surface area (Å²) >= 11 is 0. The van der Waals surface area contributed by atoms with Crippen molar-refractivity contribution in [3.63, 3.8) is 0 Å². The van der Waals surface area contributed by atoms with Gasteiger partial charge >= 0.3 is 0 Å². The zero-order valence-electron chi connectivity index (χ0n) is 13.3. The second kappa shape index (κ2) is 7.55. The van der Waals surface area contributed by atoms with Crippen LogP contribution < -0.4 is 10.6 Å². The molecule has 1 aliphatic carbocycles. The molecule has 6 heteroatoms. The molecule has 1 aromatic heterocycles. The first-order valence-electron chi connectivity index (χ1n) is 8.15. The number of nitriles is 1. The van der Waals surface area contributed by atoms with Crippen LogP contribution in [0.25, 0.3) is 0 Å². The number of para-hydroxylation sites is 1. The van der Waals surface area contributed by atoms with Gasteiger partial charge in [-0.2, -0.15) is 5.26 Å². The van der Waals surface area contributed by atoms with E-state index in [1.165, 1.54) is 31.7 Å². The number of carbonyl (C=O) groups is 1. The molecule has 24 heavy (non-hydrogen) atoms. The van der Waals surface area contributed by atoms with Gasteiger partial charge in [-0.05, 0) is 25.0 Å². The third-order valence-electron chi connectivity index (χ3n) is 4.15. The normalized spacial score (nSPS) is 14.6. The molecule has 2 N–H and O–H groups in total. The number of rotatable bonds is 4. The zero-order valence-corrected chi connectivity index (χ0v) is 13.3. The number of anilines is 2. The van der Waals surface area contributed by atoms with Crippen molar-refractivity contribution >= 4 is 17.5 Å². The molecule has 0 unspecified atom stereocenters. The summed E-state index contributed by atoms with van der Waals surface area (Å²) in [5, 5.41) is 15.1. The van der Waals surface area contributed by atoms with E-state index in [9.17, 15) is 4.79 Å². The molecule has 0 atom stereocenters. The fraction of sp³-hybridized carbons (Fsp3) is 0.333. The first-order valence-corrected chi connectivity index (χ1v) is 8.15. The van der Waals surface area contributed by atoms with Crippen molar-refractivity contribution in [2.24, 2.45) is 0 Å². The van der Waals surface area contributed by atoms with Crippen LogP contribution in [0.15, 0.2) is 36.7 Å². The van der Waals surface area contributed by atoms with Crippen LogP contribution in [0, 0.1) is 11.3 Å². The molecule has 1 aliphatic rings. The SMILES string of the molecule is N#Cc1ccccc1Nc1ncc(C(=O)NC2CCCCC2)cn1. The quantitative estimate of drug-likeness (QED) is 0.902. The topological polar surface area (TPSA) is 90.7 Å². The molecule has 1 amide bonds. The van der Waals surface area contributed by atoms with Crippen molar-refractivity contribution in [3.8, 4) is 6.07 Å². The Morgan fingerprint density at radius 2 is 1.83 bits per heavy atom. The maximum Gasteiger partial charge on any atom is 0.254 e. The molecule has 0 radical (unpaired) electrons. The monoisotopic (exact) mass is 321 g/mol. The average Bonchev–Trinajstić information content (AvgIpc) is 2.63. The number of hydrogen-bond acceptors (Lipinski definition) is 5. The van der Waals surface area contributed by atoms with E-state index in [1.807, 2.05) is 6.07 Å². The molecule has 122 valence electrons. The zero-order chi connectivity index (χ0) is 16.8. The highest BCUT2D eigenvalue weighted by Crippen LogP contribution is 2.19. The smallest absolute Gasteiger partial charge is 0.254 e. The molecule has 1 heterocycles. The maximum atomic E-state index is 12.2. The molecule has 2 aromatic rings. The van der Waals surface area contributed by atoms with Gasteiger partial charge in [0.25, 0.3) is 5.91 Å². The fourth-order valence-corrected chi connectivity index (χ4v) is 2.84. The van der Waals surface area contributed by atoms with Crippen LogP contribution in [0.4, 0.5) is 11.6 Å². The number of aromatic nitrogens is 2. The minimum Gasteiger partial charge on any atom is -0.349 e. The summed E-state index contributed by atoms with van der Waals surface area (Å²) in [6.07, 6.45) is 8.67. The van der Waals surface area contributed by atoms with Gasteiger partial charge in [0.15, 0.2) is 0 Å². The van der Waals surface area contributed by atoms with Gasteiger partial charge in [0.2, 0.25) is 5.95 Å². The molecule has 1 saturated carbocycles. The second-order valence-corrected chi connectivity index (χ2v) is 5.89. The fourth-order valence-electron chi connectivity index (χ4n) is 2.84. The van der Waals surface area contributed by atoms with Gasteiger partial charge < -0.3 is 10.6 Å². The largest absolute Gasteiger partial charge is 0.349 e. The maximum absolute atomic E-state index is 12.2. The van der Waals surface area contributed by atoms with E-state index in [0.29, 0.717) is 22.8 Å². The summed E-state index contributed by atoms with van der Waals surface area (Å²) in [6, 6.07) is 9.49. The summed E-state index contributed by atoms with van der Waals surface area (Å²) < 4.78 is 0. The minimum absolute atomic E-state index is 0.133. The number of nitrogens with zero attached hydrogens (tertiary/aromatic N) is 3. The lowest BCUT2D eigenvalue weighted by atomic mass is 9.95. The van der Waals surface area contributed by atoms with Crippen LogP contribution >= 0.6 is 0 Å². The Hall–Kier alpha value is -2.94. The number of nitrogens with one attached hydrogen (secondary N) is 2. The molecule has 0 bridgehead atoms. The van der Waals surface area contributed by atoms with Crippen molar-refractivity contribution in [3.05, 3.63) is 47.8 Å². The molecule has 1 aromatic carbocycles. The second-order valence-electron chi connectivity index (χ2n) is 5.89. The average molecular weight is 321 g/mol. The van der Waals surface area contributed by atoms with E-state index in [0.717, 1.165) is 12.8 Å². The standard InChI is InChI=1S/C18H19N5O/c19-10-13-6-4-5-9-16(13)23-18-20-11-14(12-21-18)17(24)22-15-7-2-1-3-8-15/h4-6,9,11-12,15H,1-3,7-8H2,(H,22,24)(H,20,21,23). The van der Waals surface area contributed by atoms with Crippen molar-refractivity contribution in [2.45, 2.75) is 38.1 Å². The molecule has 3 rings (SSSR count). The first kappa shape index (κ1) is 15.9. The van der Waals surface area contributed by atoms with Crippen molar-refractivity contribution in [1.82, 2.24) is 15.3 Å². The van der Waals surface area contributed by atoms with Crippen LogP contribution in [0.3, 0.4) is 0 Å². The number of amides is 1. The first-order chi connectivity index (χ1) is 11.8. The summed E-state index contributed by atoms with van der Waals surface area (Å²) in [6.45, 7) is 0. The molecule has 6 nitrogen and oxygen atoms in total. The van der Waals surface area contributed by atoms with Gasteiger partial charge in [0.1, 0.15) is 6.07 Å². The summed E-state index contributed by atoms with van der Waals surface area (Å²) in [7, 11) is 0. The summed E-state index contributed by atoms with van der Waals surface area (Å²) in [4.78, 5) is 20.6. The van der Waals surface area contributed by atoms with Gasteiger partial charge in [-0.3, -0.25) is 4.79 Å². The molecular formula is C18H19N5O. The molecule has 0 spiro atoms. The Bertz CT molecular complexity index is 745. The number of hydrogen-bond donors (Lipinski definition) is 2. The highest BCUT2D eigenvalue weighted by Gasteiger charge is 2.17. The Kier molecular flexibility index (Phi) is 5.02. The van der Waals surface area contributed by atoms with Crippen LogP contribution in [0.1, 0.15) is 48.0 Å². The van der Waals surface area contributed by atoms with Gasteiger partial charge in [-0.1, -0.05) is 31.4 Å². The van der Waals surface area contributed by atoms with Crippen molar-refractivity contribution < 1.29 is 4.79 Å². The van der Waals surface area contributed by atoms with Crippen LogP contribution in [-0.2, 0) is 0 Å². The van der Waals surface area contributed by atoms with Crippen LogP contribution in [0.2, 0.25) is 0 Å². The van der Waals surface area contributed by atoms with E-state index in [2.05, 4.69) is 26.7 Å². The lowest BCUT2D eigenvalue weighted by Gasteiger charge is -2.22. The van der Waals surface area contributed by atoms with Crippen LogP contribution in [0.5, 0.6) is 0 Å². The minimum atomic E-state index is -0.133. The van der Waals surface area contributed by atoms with Crippen LogP contribution in [-0.4, -0.2) is 21.9 Å². The third-order valence-corrected chi connectivity index (χ3v) is 4.15. The van der Waals surface area contributed by atoms with E-state index in [1.54, 1.807) is 18.2 Å². The predicted molar refractivity (Wildman–Crippen MR) is 90.8 cm³/mol. The Morgan fingerprint density at radius 3 is 2.54 bits per heavy atom. The molecule has 0 saturated heterocycles. The van der Waals surface area contributed by atoms with E-state index in [4.69, 9.17) is 5.26 Å². The summed E-state index contributed by atoms with van der Waals surface area (Å²) in [5.74, 6) is 0.220. The van der Waals surface area contributed by atoms with Crippen molar-refractivity contribution in [1.29, 1.82) is 5.26 Å². The Morgan fingerprint density at radius 1 is 1.12 bits per heavy atom. The summed E-state index contributed by atoms with van der Waals surface area (Å²) in [5.41, 5.74) is 1.60. The Balaban J connectivity index is 1.64. The lowest BCUT2D eigenvalue weighted by Crippen LogP contribution is -2.36. The van der Waals surface area contributed by atoms with Gasteiger partial charge in [-0.25, -0.2) is 9.97 Å². The van der Waals surface area contributed by atoms with Gasteiger partial charge in [0.05, 0.1) is 16.8 Å². The number of carbonyl (C=O) groups excluding carboxylic acids is 1. The molecule has 1 fully saturated rings. The van der Waals surface area contributed by atoms with Gasteiger partial charge in [0, 0.05) is 18.4 Å². The van der Waals surface area contributed by atoms with E-state index in [-0.39, 0.29) is 11.9 Å². The molecule has 0 aliphatic heterocycles. The van der Waals surface area contributed by atoms with Gasteiger partial charge in [-0.15, -0.1) is 0 Å².